The number of ketones is 1. The van der Waals surface area contributed by atoms with Crippen molar-refractivity contribution in [3.8, 4) is 5.75 Å². The average molecular weight is 338 g/mol. The van der Waals surface area contributed by atoms with Crippen molar-refractivity contribution >= 4 is 5.78 Å². The van der Waals surface area contributed by atoms with Gasteiger partial charge in [-0.05, 0) is 30.5 Å². The number of benzene rings is 1. The standard InChI is InChI=1S/C17H22O7/c18-7-13-14(20)15(21)16(22)17(24-13)10-3-5-11(6-4-10)23-8-12(19)9-1-2-9/h3-6,9,13-18,20-22H,1-2,7-8H2. The third kappa shape index (κ3) is 3.60. The Labute approximate surface area is 139 Å². The Morgan fingerprint density at radius 2 is 1.75 bits per heavy atom. The van der Waals surface area contributed by atoms with Gasteiger partial charge in [0, 0.05) is 5.92 Å². The number of aliphatic hydroxyl groups is 4. The Bertz CT molecular complexity index is 567. The van der Waals surface area contributed by atoms with Crippen LogP contribution in [0.15, 0.2) is 24.3 Å². The molecule has 5 unspecified atom stereocenters. The largest absolute Gasteiger partial charge is 0.486 e. The van der Waals surface area contributed by atoms with Crippen molar-refractivity contribution in [3.05, 3.63) is 29.8 Å². The van der Waals surface area contributed by atoms with Gasteiger partial charge in [0.1, 0.15) is 42.9 Å². The molecule has 1 saturated carbocycles. The molecule has 24 heavy (non-hydrogen) atoms. The minimum Gasteiger partial charge on any atom is -0.486 e. The molecule has 132 valence electrons. The van der Waals surface area contributed by atoms with Crippen LogP contribution in [0.4, 0.5) is 0 Å². The molecule has 1 aliphatic heterocycles. The van der Waals surface area contributed by atoms with Gasteiger partial charge in [-0.2, -0.15) is 0 Å². The van der Waals surface area contributed by atoms with Gasteiger partial charge >= 0.3 is 0 Å². The van der Waals surface area contributed by atoms with Crippen LogP contribution in [0.25, 0.3) is 0 Å². The van der Waals surface area contributed by atoms with E-state index in [1.165, 1.54) is 0 Å². The molecule has 1 aromatic carbocycles. The first-order chi connectivity index (χ1) is 11.5. The van der Waals surface area contributed by atoms with E-state index < -0.39 is 37.1 Å². The molecular weight excluding hydrogens is 316 g/mol. The molecular formula is C17H22O7. The number of Topliss-reactive ketones (excluding diaryl/α,β-unsaturated/α-hetero) is 1. The Kier molecular flexibility index (Phi) is 5.17. The number of carbonyl (C=O) groups excluding carboxylic acids is 1. The summed E-state index contributed by atoms with van der Waals surface area (Å²) in [4.78, 5) is 11.6. The fourth-order valence-electron chi connectivity index (χ4n) is 2.81. The van der Waals surface area contributed by atoms with Crippen molar-refractivity contribution in [2.75, 3.05) is 13.2 Å². The Hall–Kier alpha value is -1.51. The van der Waals surface area contributed by atoms with Crippen molar-refractivity contribution in [2.24, 2.45) is 5.92 Å². The highest BCUT2D eigenvalue weighted by atomic mass is 16.5. The monoisotopic (exact) mass is 338 g/mol. The van der Waals surface area contributed by atoms with E-state index in [0.29, 0.717) is 11.3 Å². The van der Waals surface area contributed by atoms with Crippen LogP contribution in [0, 0.1) is 5.92 Å². The van der Waals surface area contributed by atoms with Gasteiger partial charge < -0.3 is 29.9 Å². The summed E-state index contributed by atoms with van der Waals surface area (Å²) in [7, 11) is 0. The molecule has 1 aliphatic carbocycles. The zero-order chi connectivity index (χ0) is 17.3. The first kappa shape index (κ1) is 17.3. The van der Waals surface area contributed by atoms with Gasteiger partial charge in [0.25, 0.3) is 0 Å². The van der Waals surface area contributed by atoms with Crippen LogP contribution in [0.5, 0.6) is 5.75 Å². The summed E-state index contributed by atoms with van der Waals surface area (Å²) >= 11 is 0. The maximum atomic E-state index is 11.6. The van der Waals surface area contributed by atoms with Gasteiger partial charge in [-0.3, -0.25) is 4.79 Å². The molecule has 0 radical (unpaired) electrons. The number of hydrogen-bond donors (Lipinski definition) is 4. The second-order valence-electron chi connectivity index (χ2n) is 6.35. The van der Waals surface area contributed by atoms with Crippen molar-refractivity contribution in [3.63, 3.8) is 0 Å². The summed E-state index contributed by atoms with van der Waals surface area (Å²) in [5, 5.41) is 38.9. The number of ether oxygens (including phenoxy) is 2. The summed E-state index contributed by atoms with van der Waals surface area (Å²) in [5.74, 6) is 0.781. The van der Waals surface area contributed by atoms with E-state index in [-0.39, 0.29) is 18.3 Å². The second-order valence-corrected chi connectivity index (χ2v) is 6.35. The van der Waals surface area contributed by atoms with Crippen LogP contribution in [0.2, 0.25) is 0 Å². The smallest absolute Gasteiger partial charge is 0.173 e. The Balaban J connectivity index is 1.64. The second kappa shape index (κ2) is 7.16. The highest BCUT2D eigenvalue weighted by Gasteiger charge is 2.43. The molecule has 4 N–H and O–H groups in total. The normalized spacial score (nSPS) is 33.2. The third-order valence-corrected chi connectivity index (χ3v) is 4.51. The van der Waals surface area contributed by atoms with Gasteiger partial charge in [-0.15, -0.1) is 0 Å². The molecule has 3 rings (SSSR count). The topological polar surface area (TPSA) is 116 Å². The summed E-state index contributed by atoms with van der Waals surface area (Å²) < 4.78 is 10.9. The number of hydrogen-bond acceptors (Lipinski definition) is 7. The van der Waals surface area contributed by atoms with Gasteiger partial charge in [-0.25, -0.2) is 0 Å². The molecule has 1 aromatic rings. The van der Waals surface area contributed by atoms with Gasteiger partial charge in [-0.1, -0.05) is 12.1 Å². The van der Waals surface area contributed by atoms with Crippen LogP contribution in [-0.2, 0) is 9.53 Å². The maximum Gasteiger partial charge on any atom is 0.173 e. The van der Waals surface area contributed by atoms with Crippen molar-refractivity contribution < 1.29 is 34.7 Å². The van der Waals surface area contributed by atoms with E-state index in [9.17, 15) is 25.2 Å². The van der Waals surface area contributed by atoms with Crippen LogP contribution in [0.1, 0.15) is 24.5 Å². The molecule has 7 heteroatoms. The predicted molar refractivity (Wildman–Crippen MR) is 82.4 cm³/mol. The Morgan fingerprint density at radius 1 is 1.08 bits per heavy atom. The van der Waals surface area contributed by atoms with Gasteiger partial charge in [0.2, 0.25) is 0 Å². The van der Waals surface area contributed by atoms with Gasteiger partial charge in [0.05, 0.1) is 6.61 Å². The molecule has 2 fully saturated rings. The molecule has 5 atom stereocenters. The lowest BCUT2D eigenvalue weighted by atomic mass is 9.91. The van der Waals surface area contributed by atoms with E-state index in [1.54, 1.807) is 24.3 Å². The van der Waals surface area contributed by atoms with Gasteiger partial charge in [0.15, 0.2) is 5.78 Å². The summed E-state index contributed by atoms with van der Waals surface area (Å²) in [6.45, 7) is -0.421. The molecule has 0 spiro atoms. The zero-order valence-corrected chi connectivity index (χ0v) is 13.1. The predicted octanol–water partition coefficient (Wildman–Crippen LogP) is -0.441. The summed E-state index contributed by atoms with van der Waals surface area (Å²) in [6.07, 6.45) is -4.03. The number of rotatable bonds is 6. The van der Waals surface area contributed by atoms with E-state index in [2.05, 4.69) is 0 Å². The van der Waals surface area contributed by atoms with Crippen molar-refractivity contribution in [2.45, 2.75) is 43.4 Å². The summed E-state index contributed by atoms with van der Waals surface area (Å²) in [5.41, 5.74) is 0.577. The zero-order valence-electron chi connectivity index (χ0n) is 13.1. The minimum absolute atomic E-state index is 0.0457. The molecule has 0 aromatic heterocycles. The molecule has 0 amide bonds. The van der Waals surface area contributed by atoms with Crippen LogP contribution in [-0.4, -0.2) is 63.8 Å². The lowest BCUT2D eigenvalue weighted by Gasteiger charge is -2.40. The fraction of sp³-hybridized carbons (Fsp3) is 0.588. The lowest BCUT2D eigenvalue weighted by Crippen LogP contribution is -2.55. The van der Waals surface area contributed by atoms with Crippen LogP contribution >= 0.6 is 0 Å². The first-order valence-corrected chi connectivity index (χ1v) is 8.07. The molecule has 2 aliphatic rings. The molecule has 0 bridgehead atoms. The minimum atomic E-state index is -1.41. The SMILES string of the molecule is O=C(COc1ccc(C2OC(CO)C(O)C(O)C2O)cc1)C1CC1. The van der Waals surface area contributed by atoms with Crippen LogP contribution < -0.4 is 4.74 Å². The summed E-state index contributed by atoms with van der Waals surface area (Å²) in [6, 6.07) is 6.61. The van der Waals surface area contributed by atoms with E-state index in [0.717, 1.165) is 12.8 Å². The fourth-order valence-corrected chi connectivity index (χ4v) is 2.81. The van der Waals surface area contributed by atoms with Crippen LogP contribution in [0.3, 0.4) is 0 Å². The highest BCUT2D eigenvalue weighted by Crippen LogP contribution is 2.33. The quantitative estimate of drug-likeness (QED) is 0.555. The number of carbonyl (C=O) groups is 1. The molecule has 7 nitrogen and oxygen atoms in total. The first-order valence-electron chi connectivity index (χ1n) is 8.07. The molecule has 1 heterocycles. The lowest BCUT2D eigenvalue weighted by molar-refractivity contribution is -0.231. The maximum absolute atomic E-state index is 11.6. The van der Waals surface area contributed by atoms with Crippen molar-refractivity contribution in [1.82, 2.24) is 0 Å². The van der Waals surface area contributed by atoms with E-state index in [1.807, 2.05) is 0 Å². The molecule has 1 saturated heterocycles. The Morgan fingerprint density at radius 3 is 2.33 bits per heavy atom. The third-order valence-electron chi connectivity index (χ3n) is 4.51. The van der Waals surface area contributed by atoms with E-state index >= 15 is 0 Å². The number of aliphatic hydroxyl groups excluding tert-OH is 4. The van der Waals surface area contributed by atoms with Crippen molar-refractivity contribution in [1.29, 1.82) is 0 Å². The highest BCUT2D eigenvalue weighted by molar-refractivity contribution is 5.84. The average Bonchev–Trinajstić information content (AvgIpc) is 3.44. The van der Waals surface area contributed by atoms with E-state index in [4.69, 9.17) is 9.47 Å².